The Hall–Kier alpha value is -3.03. The van der Waals surface area contributed by atoms with Crippen molar-refractivity contribution in [2.75, 3.05) is 21.3 Å². The van der Waals surface area contributed by atoms with E-state index in [-0.39, 0.29) is 23.8 Å². The lowest BCUT2D eigenvalue weighted by molar-refractivity contribution is -0.0498. The van der Waals surface area contributed by atoms with Crippen LogP contribution in [0.15, 0.2) is 36.4 Å². The van der Waals surface area contributed by atoms with Crippen LogP contribution in [0.3, 0.4) is 0 Å². The van der Waals surface area contributed by atoms with Gasteiger partial charge < -0.3 is 24.3 Å². The summed E-state index contributed by atoms with van der Waals surface area (Å²) in [5, 5.41) is 2.73. The van der Waals surface area contributed by atoms with E-state index in [0.717, 1.165) is 5.56 Å². The van der Waals surface area contributed by atoms with E-state index in [1.165, 1.54) is 39.5 Å². The van der Waals surface area contributed by atoms with Gasteiger partial charge in [0.05, 0.1) is 26.9 Å². The van der Waals surface area contributed by atoms with Crippen molar-refractivity contribution in [3.05, 3.63) is 47.5 Å². The van der Waals surface area contributed by atoms with Crippen LogP contribution in [0.5, 0.6) is 23.0 Å². The summed E-state index contributed by atoms with van der Waals surface area (Å²) in [6.45, 7) is -2.68. The second-order valence-corrected chi connectivity index (χ2v) is 5.11. The molecule has 2 rings (SSSR count). The zero-order valence-electron chi connectivity index (χ0n) is 14.5. The van der Waals surface area contributed by atoms with Gasteiger partial charge in [-0.15, -0.1) is 0 Å². The van der Waals surface area contributed by atoms with E-state index in [4.69, 9.17) is 14.2 Å². The van der Waals surface area contributed by atoms with Crippen molar-refractivity contribution in [2.24, 2.45) is 0 Å². The maximum atomic E-state index is 12.5. The average molecular weight is 367 g/mol. The van der Waals surface area contributed by atoms with E-state index in [0.29, 0.717) is 17.2 Å². The number of carbonyl (C=O) groups is 1. The summed E-state index contributed by atoms with van der Waals surface area (Å²) in [4.78, 5) is 12.5. The average Bonchev–Trinajstić information content (AvgIpc) is 2.65. The molecule has 0 spiro atoms. The lowest BCUT2D eigenvalue weighted by Crippen LogP contribution is -2.23. The number of benzene rings is 2. The summed E-state index contributed by atoms with van der Waals surface area (Å²) in [5.74, 6) is 0.843. The van der Waals surface area contributed by atoms with Gasteiger partial charge in [0.2, 0.25) is 0 Å². The normalized spacial score (nSPS) is 10.4. The third-order valence-electron chi connectivity index (χ3n) is 3.55. The number of amides is 1. The van der Waals surface area contributed by atoms with Gasteiger partial charge in [-0.05, 0) is 17.7 Å². The van der Waals surface area contributed by atoms with Crippen molar-refractivity contribution < 1.29 is 32.5 Å². The maximum Gasteiger partial charge on any atom is 0.387 e. The van der Waals surface area contributed by atoms with Crippen LogP contribution < -0.4 is 24.3 Å². The highest BCUT2D eigenvalue weighted by atomic mass is 19.3. The Morgan fingerprint density at radius 3 is 2.08 bits per heavy atom. The van der Waals surface area contributed by atoms with Crippen LogP contribution >= 0.6 is 0 Å². The number of rotatable bonds is 8. The highest BCUT2D eigenvalue weighted by Crippen LogP contribution is 2.34. The van der Waals surface area contributed by atoms with Crippen molar-refractivity contribution >= 4 is 5.91 Å². The predicted molar refractivity (Wildman–Crippen MR) is 90.3 cm³/mol. The number of nitrogens with one attached hydrogen (secondary N) is 1. The standard InChI is InChI=1S/C18H19F2NO5/c1-23-14-9-16(25-3)15(24-2)8-13(14)17(22)21-10-11-4-6-12(7-5-11)26-18(19)20/h4-9,18H,10H2,1-3H3,(H,21,22). The molecule has 0 atom stereocenters. The Bertz CT molecular complexity index is 750. The highest BCUT2D eigenvalue weighted by Gasteiger charge is 2.17. The first-order valence-corrected chi connectivity index (χ1v) is 7.60. The molecule has 140 valence electrons. The molecule has 0 radical (unpaired) electrons. The van der Waals surface area contributed by atoms with Crippen LogP contribution in [0, 0.1) is 0 Å². The molecule has 8 heteroatoms. The molecule has 0 saturated carbocycles. The minimum Gasteiger partial charge on any atom is -0.496 e. The Morgan fingerprint density at radius 1 is 0.962 bits per heavy atom. The molecule has 0 aliphatic carbocycles. The second-order valence-electron chi connectivity index (χ2n) is 5.11. The Kier molecular flexibility index (Phi) is 6.60. The summed E-state index contributed by atoms with van der Waals surface area (Å²) in [5.41, 5.74) is 1.00. The van der Waals surface area contributed by atoms with Crippen LogP contribution in [0.1, 0.15) is 15.9 Å². The van der Waals surface area contributed by atoms with Crippen LogP contribution in [0.4, 0.5) is 8.78 Å². The van der Waals surface area contributed by atoms with Crippen LogP contribution in [-0.2, 0) is 6.54 Å². The number of carbonyl (C=O) groups excluding carboxylic acids is 1. The van der Waals surface area contributed by atoms with Crippen molar-refractivity contribution in [1.29, 1.82) is 0 Å². The summed E-state index contributed by atoms with van der Waals surface area (Å²) >= 11 is 0. The molecule has 26 heavy (non-hydrogen) atoms. The Balaban J connectivity index is 2.10. The quantitative estimate of drug-likeness (QED) is 0.776. The molecule has 0 aliphatic rings. The summed E-state index contributed by atoms with van der Waals surface area (Å²) in [6, 6.07) is 9.07. The molecule has 0 heterocycles. The monoisotopic (exact) mass is 367 g/mol. The molecule has 0 unspecified atom stereocenters. The Morgan fingerprint density at radius 2 is 1.54 bits per heavy atom. The van der Waals surface area contributed by atoms with Crippen LogP contribution in [0.25, 0.3) is 0 Å². The number of alkyl halides is 2. The number of ether oxygens (including phenoxy) is 4. The predicted octanol–water partition coefficient (Wildman–Crippen LogP) is 3.24. The van der Waals surface area contributed by atoms with Gasteiger partial charge in [-0.2, -0.15) is 8.78 Å². The van der Waals surface area contributed by atoms with Crippen LogP contribution in [-0.4, -0.2) is 33.8 Å². The number of hydrogen-bond acceptors (Lipinski definition) is 5. The maximum absolute atomic E-state index is 12.5. The zero-order valence-corrected chi connectivity index (χ0v) is 14.5. The van der Waals surface area contributed by atoms with Crippen molar-refractivity contribution in [3.63, 3.8) is 0 Å². The van der Waals surface area contributed by atoms with Crippen LogP contribution in [0.2, 0.25) is 0 Å². The fourth-order valence-electron chi connectivity index (χ4n) is 2.27. The van der Waals surface area contributed by atoms with Gasteiger partial charge in [-0.1, -0.05) is 12.1 Å². The van der Waals surface area contributed by atoms with Crippen molar-refractivity contribution in [2.45, 2.75) is 13.2 Å². The van der Waals surface area contributed by atoms with Gasteiger partial charge in [0.1, 0.15) is 11.5 Å². The van der Waals surface area contributed by atoms with Gasteiger partial charge >= 0.3 is 6.61 Å². The third kappa shape index (κ3) is 4.75. The van der Waals surface area contributed by atoms with E-state index < -0.39 is 6.61 Å². The van der Waals surface area contributed by atoms with E-state index in [1.54, 1.807) is 18.2 Å². The van der Waals surface area contributed by atoms with E-state index in [2.05, 4.69) is 10.1 Å². The number of halogens is 2. The lowest BCUT2D eigenvalue weighted by atomic mass is 10.1. The molecular weight excluding hydrogens is 348 g/mol. The number of hydrogen-bond donors (Lipinski definition) is 1. The minimum atomic E-state index is -2.88. The molecule has 0 saturated heterocycles. The largest absolute Gasteiger partial charge is 0.496 e. The molecule has 2 aromatic rings. The first kappa shape index (κ1) is 19.3. The third-order valence-corrected chi connectivity index (χ3v) is 3.55. The molecule has 0 aliphatic heterocycles. The minimum absolute atomic E-state index is 0.0524. The molecule has 1 amide bonds. The molecule has 0 fully saturated rings. The molecule has 0 aromatic heterocycles. The smallest absolute Gasteiger partial charge is 0.387 e. The molecular formula is C18H19F2NO5. The van der Waals surface area contributed by atoms with Gasteiger partial charge in [0.25, 0.3) is 5.91 Å². The fourth-order valence-corrected chi connectivity index (χ4v) is 2.27. The van der Waals surface area contributed by atoms with Crippen molar-refractivity contribution in [3.8, 4) is 23.0 Å². The first-order valence-electron chi connectivity index (χ1n) is 7.60. The van der Waals surface area contributed by atoms with Gasteiger partial charge in [-0.25, -0.2) is 0 Å². The van der Waals surface area contributed by atoms with E-state index >= 15 is 0 Å². The summed E-state index contributed by atoms with van der Waals surface area (Å²) in [7, 11) is 4.40. The van der Waals surface area contributed by atoms with Gasteiger partial charge in [0, 0.05) is 18.7 Å². The van der Waals surface area contributed by atoms with Gasteiger partial charge in [0.15, 0.2) is 11.5 Å². The summed E-state index contributed by atoms with van der Waals surface area (Å²) < 4.78 is 44.2. The number of methoxy groups -OCH3 is 3. The highest BCUT2D eigenvalue weighted by molar-refractivity contribution is 5.97. The van der Waals surface area contributed by atoms with E-state index in [1.807, 2.05) is 0 Å². The SMILES string of the molecule is COc1cc(OC)c(C(=O)NCc2ccc(OC(F)F)cc2)cc1OC. The van der Waals surface area contributed by atoms with E-state index in [9.17, 15) is 13.6 Å². The Labute approximate surface area is 149 Å². The zero-order chi connectivity index (χ0) is 19.1. The molecule has 6 nitrogen and oxygen atoms in total. The topological polar surface area (TPSA) is 66.0 Å². The fraction of sp³-hybridized carbons (Fsp3) is 0.278. The first-order chi connectivity index (χ1) is 12.5. The second kappa shape index (κ2) is 8.89. The summed E-state index contributed by atoms with van der Waals surface area (Å²) in [6.07, 6.45) is 0. The molecule has 2 aromatic carbocycles. The van der Waals surface area contributed by atoms with Gasteiger partial charge in [-0.3, -0.25) is 4.79 Å². The molecule has 1 N–H and O–H groups in total. The van der Waals surface area contributed by atoms with Crippen molar-refractivity contribution in [1.82, 2.24) is 5.32 Å². The lowest BCUT2D eigenvalue weighted by Gasteiger charge is -2.14. The molecule has 0 bridgehead atoms.